The van der Waals surface area contributed by atoms with Gasteiger partial charge in [0.15, 0.2) is 5.96 Å². The molecule has 3 N–H and O–H groups in total. The monoisotopic (exact) mass is 571 g/mol. The number of aliphatic imine (C=N–C) groups is 1. The van der Waals surface area contributed by atoms with Gasteiger partial charge < -0.3 is 25.0 Å². The van der Waals surface area contributed by atoms with Gasteiger partial charge in [-0.1, -0.05) is 23.2 Å². The number of benzene rings is 2. The number of unbranched alkanes of at least 4 members (excludes halogenated alkanes) is 2. The number of aromatic nitrogens is 2. The predicted molar refractivity (Wildman–Crippen MR) is 137 cm³/mol. The van der Waals surface area contributed by atoms with Crippen LogP contribution in [0.5, 0.6) is 11.5 Å². The number of hydrogen-bond acceptors (Lipinski definition) is 6. The second kappa shape index (κ2) is 13.1. The molecule has 0 aliphatic carbocycles. The van der Waals surface area contributed by atoms with Gasteiger partial charge in [0.25, 0.3) is 0 Å². The third-order valence-electron chi connectivity index (χ3n) is 4.57. The van der Waals surface area contributed by atoms with Crippen molar-refractivity contribution in [2.24, 2.45) is 10.7 Å². The summed E-state index contributed by atoms with van der Waals surface area (Å²) in [6.45, 7) is 0.629. The number of aryl methyl sites for hydroxylation is 1. The maximum atomic E-state index is 6.11. The van der Waals surface area contributed by atoms with Crippen molar-refractivity contribution in [1.82, 2.24) is 10.1 Å². The van der Waals surface area contributed by atoms with Gasteiger partial charge in [-0.25, -0.2) is 0 Å². The molecule has 32 heavy (non-hydrogen) atoms. The topological polar surface area (TPSA) is 108 Å². The minimum Gasteiger partial charge on any atom is -0.497 e. The molecule has 0 unspecified atom stereocenters. The first-order valence-corrected chi connectivity index (χ1v) is 10.3. The molecule has 2 aromatic carbocycles. The maximum absolute atomic E-state index is 6.11. The zero-order chi connectivity index (χ0) is 22.1. The highest BCUT2D eigenvalue weighted by Gasteiger charge is 2.08. The van der Waals surface area contributed by atoms with Crippen molar-refractivity contribution in [3.63, 3.8) is 0 Å². The number of methoxy groups -OCH3 is 2. The molecule has 0 fully saturated rings. The summed E-state index contributed by atoms with van der Waals surface area (Å²) < 4.78 is 15.6. The van der Waals surface area contributed by atoms with E-state index in [0.717, 1.165) is 42.7 Å². The van der Waals surface area contributed by atoms with Crippen molar-refractivity contribution in [3.05, 3.63) is 53.4 Å². The average molecular weight is 572 g/mol. The molecule has 8 nitrogen and oxygen atoms in total. The molecule has 0 amide bonds. The van der Waals surface area contributed by atoms with Crippen molar-refractivity contribution in [1.29, 1.82) is 0 Å². The smallest absolute Gasteiger partial charge is 0.226 e. The van der Waals surface area contributed by atoms with E-state index < -0.39 is 0 Å². The first-order chi connectivity index (χ1) is 15.1. The van der Waals surface area contributed by atoms with Gasteiger partial charge in [-0.2, -0.15) is 4.98 Å². The number of hydrogen-bond donors (Lipinski definition) is 2. The fraction of sp³-hybridized carbons (Fsp3) is 0.318. The zero-order valence-corrected chi connectivity index (χ0v) is 21.1. The molecule has 3 aromatic rings. The van der Waals surface area contributed by atoms with E-state index >= 15 is 0 Å². The van der Waals surface area contributed by atoms with Crippen molar-refractivity contribution >= 4 is 47.2 Å². The molecule has 172 valence electrons. The molecule has 0 saturated heterocycles. The molecule has 3 rings (SSSR count). The Morgan fingerprint density at radius 1 is 1.09 bits per heavy atom. The number of nitrogens with zero attached hydrogens (tertiary/aromatic N) is 3. The summed E-state index contributed by atoms with van der Waals surface area (Å²) >= 11 is 6.11. The van der Waals surface area contributed by atoms with Crippen LogP contribution in [-0.2, 0) is 6.42 Å². The highest BCUT2D eigenvalue weighted by atomic mass is 127. The largest absolute Gasteiger partial charge is 0.497 e. The van der Waals surface area contributed by atoms with Crippen LogP contribution in [0, 0.1) is 0 Å². The minimum atomic E-state index is 0. The van der Waals surface area contributed by atoms with Gasteiger partial charge in [0.1, 0.15) is 11.5 Å². The quantitative estimate of drug-likeness (QED) is 0.150. The Labute approximate surface area is 209 Å². The molecule has 0 saturated carbocycles. The Hall–Kier alpha value is -2.53. The Balaban J connectivity index is 0.00000363. The van der Waals surface area contributed by atoms with Crippen LogP contribution in [0.15, 0.2) is 52.0 Å². The second-order valence-corrected chi connectivity index (χ2v) is 7.20. The summed E-state index contributed by atoms with van der Waals surface area (Å²) in [5, 5.41) is 7.58. The zero-order valence-electron chi connectivity index (χ0n) is 18.0. The lowest BCUT2D eigenvalue weighted by Crippen LogP contribution is -2.22. The minimum absolute atomic E-state index is 0. The molecular weight excluding hydrogens is 545 g/mol. The lowest BCUT2D eigenvalue weighted by atomic mass is 10.2. The number of anilines is 1. The van der Waals surface area contributed by atoms with Crippen LogP contribution < -0.4 is 20.5 Å². The average Bonchev–Trinajstić information content (AvgIpc) is 3.25. The van der Waals surface area contributed by atoms with Crippen molar-refractivity contribution in [3.8, 4) is 22.9 Å². The maximum Gasteiger partial charge on any atom is 0.226 e. The molecule has 0 bridgehead atoms. The van der Waals surface area contributed by atoms with E-state index in [1.165, 1.54) is 0 Å². The Bertz CT molecular complexity index is 1010. The Morgan fingerprint density at radius 2 is 1.88 bits per heavy atom. The van der Waals surface area contributed by atoms with Gasteiger partial charge in [-0.05, 0) is 55.3 Å². The SMILES string of the molecule is COc1ccc(-c2noc(CCCCCN=C(N)Nc3ccc(OC)c(Cl)c3)n2)cc1.I. The molecular formula is C22H27ClIN5O3. The van der Waals surface area contributed by atoms with Gasteiger partial charge in [0, 0.05) is 24.2 Å². The fourth-order valence-electron chi connectivity index (χ4n) is 2.91. The van der Waals surface area contributed by atoms with E-state index in [-0.39, 0.29) is 24.0 Å². The normalized spacial score (nSPS) is 11.0. The van der Waals surface area contributed by atoms with Gasteiger partial charge in [-0.15, -0.1) is 24.0 Å². The van der Waals surface area contributed by atoms with Crippen LogP contribution in [0.3, 0.4) is 0 Å². The third kappa shape index (κ3) is 7.56. The molecule has 0 radical (unpaired) electrons. The van der Waals surface area contributed by atoms with Gasteiger partial charge >= 0.3 is 0 Å². The molecule has 0 spiro atoms. The number of nitrogens with two attached hydrogens (primary N) is 1. The van der Waals surface area contributed by atoms with Crippen LogP contribution in [0.2, 0.25) is 5.02 Å². The highest BCUT2D eigenvalue weighted by Crippen LogP contribution is 2.27. The standard InChI is InChI=1S/C22H26ClN5O3.HI/c1-29-17-10-7-15(8-11-17)21-27-20(31-28-21)6-4-3-5-13-25-22(24)26-16-9-12-19(30-2)18(23)14-16;/h7-12,14H,3-6,13H2,1-2H3,(H3,24,25,26);1H. The van der Waals surface area contributed by atoms with Crippen molar-refractivity contribution in [2.75, 3.05) is 26.1 Å². The summed E-state index contributed by atoms with van der Waals surface area (Å²) in [6, 6.07) is 12.9. The van der Waals surface area contributed by atoms with Crippen LogP contribution in [0.25, 0.3) is 11.4 Å². The van der Waals surface area contributed by atoms with E-state index in [2.05, 4.69) is 20.4 Å². The number of rotatable bonds is 10. The Morgan fingerprint density at radius 3 is 2.56 bits per heavy atom. The van der Waals surface area contributed by atoms with Gasteiger partial charge in [-0.3, -0.25) is 4.99 Å². The van der Waals surface area contributed by atoms with Crippen molar-refractivity contribution < 1.29 is 14.0 Å². The molecule has 1 heterocycles. The van der Waals surface area contributed by atoms with Crippen LogP contribution in [-0.4, -0.2) is 36.9 Å². The number of nitrogens with one attached hydrogen (secondary N) is 1. The summed E-state index contributed by atoms with van der Waals surface area (Å²) in [7, 11) is 3.21. The molecule has 1 aromatic heterocycles. The van der Waals surface area contributed by atoms with E-state index in [0.29, 0.717) is 35.0 Å². The predicted octanol–water partition coefficient (Wildman–Crippen LogP) is 5.16. The molecule has 10 heteroatoms. The van der Waals surface area contributed by atoms with Crippen LogP contribution in [0.1, 0.15) is 25.2 Å². The lowest BCUT2D eigenvalue weighted by Gasteiger charge is -2.08. The third-order valence-corrected chi connectivity index (χ3v) is 4.87. The number of halogens is 2. The summed E-state index contributed by atoms with van der Waals surface area (Å²) in [4.78, 5) is 8.79. The molecule has 0 atom stereocenters. The van der Waals surface area contributed by atoms with Crippen molar-refractivity contribution in [2.45, 2.75) is 25.7 Å². The second-order valence-electron chi connectivity index (χ2n) is 6.79. The van der Waals surface area contributed by atoms with E-state index in [4.69, 9.17) is 31.3 Å². The molecule has 0 aliphatic rings. The summed E-state index contributed by atoms with van der Waals surface area (Å²) in [6.07, 6.45) is 3.54. The number of guanidine groups is 1. The van der Waals surface area contributed by atoms with Crippen LogP contribution in [0.4, 0.5) is 5.69 Å². The van der Waals surface area contributed by atoms with E-state index in [1.807, 2.05) is 30.3 Å². The van der Waals surface area contributed by atoms with E-state index in [9.17, 15) is 0 Å². The summed E-state index contributed by atoms with van der Waals surface area (Å²) in [5.41, 5.74) is 7.59. The fourth-order valence-corrected chi connectivity index (χ4v) is 3.17. The van der Waals surface area contributed by atoms with Gasteiger partial charge in [0.05, 0.1) is 19.2 Å². The van der Waals surface area contributed by atoms with E-state index in [1.54, 1.807) is 26.4 Å². The van der Waals surface area contributed by atoms with Gasteiger partial charge in [0.2, 0.25) is 11.7 Å². The highest BCUT2D eigenvalue weighted by molar-refractivity contribution is 14.0. The first kappa shape index (κ1) is 25.7. The first-order valence-electron chi connectivity index (χ1n) is 9.96. The lowest BCUT2D eigenvalue weighted by molar-refractivity contribution is 0.374. The van der Waals surface area contributed by atoms with Crippen LogP contribution >= 0.6 is 35.6 Å². The Kier molecular flexibility index (Phi) is 10.5. The number of ether oxygens (including phenoxy) is 2. The molecule has 0 aliphatic heterocycles. The summed E-state index contributed by atoms with van der Waals surface area (Å²) in [5.74, 6) is 2.97.